The normalized spacial score (nSPS) is 11.4. The molecule has 0 aliphatic rings. The van der Waals surface area contributed by atoms with Crippen LogP contribution in [0.4, 0.5) is 51.2 Å². The minimum Gasteiger partial charge on any atom is -0.311 e. The summed E-state index contributed by atoms with van der Waals surface area (Å²) in [6.45, 7) is 0. The Morgan fingerprint density at radius 1 is 0.156 bits per heavy atom. The lowest BCUT2D eigenvalue weighted by Gasteiger charge is -2.26. The molecule has 0 spiro atoms. The van der Waals surface area contributed by atoms with Crippen molar-refractivity contribution in [3.8, 4) is 66.8 Å². The standard InChI is InChI=1S/C93H71N3/c1-7-19-69(20-8-1)31-68-93(82-40-36-72(37-41-82)70-21-9-2-10-22-70)83-42-38-75(39-43-83)79-50-62-90(63-51-79)95(85-27-15-5-16-28-85)88-58-46-77(47-59-88)73-32-34-74(35-33-73)78-48-60-89(61-49-78)96(86-29-17-6-18-30-86)92-66-54-81(55-67-92)80-52-64-91(65-53-80)94(84-25-13-4-14-26-84)87-56-44-76(45-57-87)71-23-11-3-12-24-71/h1-30,32-67,93H,31,68H2. The third kappa shape index (κ3) is 13.5. The number of para-hydroxylation sites is 3. The molecule has 0 fully saturated rings. The van der Waals surface area contributed by atoms with Crippen molar-refractivity contribution in [3.63, 3.8) is 0 Å². The zero-order valence-corrected chi connectivity index (χ0v) is 53.4. The predicted molar refractivity (Wildman–Crippen MR) is 406 cm³/mol. The van der Waals surface area contributed by atoms with Gasteiger partial charge in [0.1, 0.15) is 0 Å². The molecule has 1 atom stereocenters. The maximum atomic E-state index is 2.34. The van der Waals surface area contributed by atoms with E-state index in [1.807, 2.05) is 0 Å². The number of hydrogen-bond acceptors (Lipinski definition) is 3. The zero-order chi connectivity index (χ0) is 64.2. The van der Waals surface area contributed by atoms with Crippen LogP contribution in [-0.4, -0.2) is 0 Å². The number of benzene rings is 15. The first kappa shape index (κ1) is 60.0. The Kier molecular flexibility index (Phi) is 17.7. The van der Waals surface area contributed by atoms with Crippen molar-refractivity contribution in [2.45, 2.75) is 18.8 Å². The van der Waals surface area contributed by atoms with E-state index >= 15 is 0 Å². The fraction of sp³-hybridized carbons (Fsp3) is 0.0323. The molecular formula is C93H71N3. The molecule has 0 aromatic heterocycles. The van der Waals surface area contributed by atoms with Crippen LogP contribution in [0.2, 0.25) is 0 Å². The average molecular weight is 1230 g/mol. The van der Waals surface area contributed by atoms with Crippen molar-refractivity contribution < 1.29 is 0 Å². The fourth-order valence-electron chi connectivity index (χ4n) is 13.3. The molecule has 0 saturated carbocycles. The van der Waals surface area contributed by atoms with Crippen LogP contribution in [0.25, 0.3) is 66.8 Å². The first-order valence-electron chi connectivity index (χ1n) is 33.2. The second kappa shape index (κ2) is 28.3. The molecule has 0 saturated heterocycles. The Labute approximate surface area is 565 Å². The second-order valence-corrected chi connectivity index (χ2v) is 24.4. The molecule has 0 N–H and O–H groups in total. The largest absolute Gasteiger partial charge is 0.311 e. The Balaban J connectivity index is 0.624. The Hall–Kier alpha value is -12.3. The van der Waals surface area contributed by atoms with E-state index in [-0.39, 0.29) is 5.92 Å². The summed E-state index contributed by atoms with van der Waals surface area (Å²) in [5, 5.41) is 0. The first-order chi connectivity index (χ1) is 47.6. The molecule has 1 unspecified atom stereocenters. The molecule has 0 heterocycles. The van der Waals surface area contributed by atoms with Gasteiger partial charge >= 0.3 is 0 Å². The Bertz CT molecular complexity index is 4920. The molecule has 3 nitrogen and oxygen atoms in total. The minimum atomic E-state index is 0.268. The molecule has 15 rings (SSSR count). The van der Waals surface area contributed by atoms with Crippen LogP contribution in [0.5, 0.6) is 0 Å². The maximum absolute atomic E-state index is 2.34. The van der Waals surface area contributed by atoms with Gasteiger partial charge in [-0.15, -0.1) is 0 Å². The van der Waals surface area contributed by atoms with Crippen molar-refractivity contribution in [2.24, 2.45) is 0 Å². The molecule has 15 aromatic carbocycles. The van der Waals surface area contributed by atoms with Gasteiger partial charge in [0.05, 0.1) is 0 Å². The quantitative estimate of drug-likeness (QED) is 0.0753. The number of aryl methyl sites for hydroxylation is 1. The summed E-state index contributed by atoms with van der Waals surface area (Å²) in [5.41, 5.74) is 28.2. The van der Waals surface area contributed by atoms with Crippen LogP contribution >= 0.6 is 0 Å². The second-order valence-electron chi connectivity index (χ2n) is 24.4. The van der Waals surface area contributed by atoms with Gasteiger partial charge in [-0.2, -0.15) is 0 Å². The van der Waals surface area contributed by atoms with Crippen LogP contribution in [-0.2, 0) is 6.42 Å². The van der Waals surface area contributed by atoms with E-state index in [9.17, 15) is 0 Å². The van der Waals surface area contributed by atoms with E-state index in [4.69, 9.17) is 0 Å². The van der Waals surface area contributed by atoms with Gasteiger partial charge in [-0.1, -0.05) is 291 Å². The lowest BCUT2D eigenvalue weighted by molar-refractivity contribution is 0.715. The molecule has 0 radical (unpaired) electrons. The monoisotopic (exact) mass is 1230 g/mol. The number of hydrogen-bond donors (Lipinski definition) is 0. The van der Waals surface area contributed by atoms with Crippen molar-refractivity contribution in [1.29, 1.82) is 0 Å². The van der Waals surface area contributed by atoms with Crippen molar-refractivity contribution in [2.75, 3.05) is 14.7 Å². The third-order valence-corrected chi connectivity index (χ3v) is 18.4. The van der Waals surface area contributed by atoms with E-state index in [0.29, 0.717) is 0 Å². The summed E-state index contributed by atoms with van der Waals surface area (Å²) >= 11 is 0. The van der Waals surface area contributed by atoms with Gasteiger partial charge in [-0.05, 0) is 205 Å². The average Bonchev–Trinajstić information content (AvgIpc) is 1.31. The van der Waals surface area contributed by atoms with Crippen molar-refractivity contribution in [3.05, 3.63) is 417 Å². The molecule has 0 aliphatic carbocycles. The Morgan fingerprint density at radius 3 is 0.552 bits per heavy atom. The predicted octanol–water partition coefficient (Wildman–Crippen LogP) is 25.9. The van der Waals surface area contributed by atoms with Gasteiger partial charge in [-0.25, -0.2) is 0 Å². The molecule has 458 valence electrons. The summed E-state index contributed by atoms with van der Waals surface area (Å²) in [6.07, 6.45) is 2.04. The first-order valence-corrected chi connectivity index (χ1v) is 33.2. The fourth-order valence-corrected chi connectivity index (χ4v) is 13.3. The maximum Gasteiger partial charge on any atom is 0.0462 e. The molecule has 3 heteroatoms. The van der Waals surface area contributed by atoms with E-state index in [1.165, 1.54) is 61.2 Å². The highest BCUT2D eigenvalue weighted by Crippen LogP contribution is 2.42. The molecule has 15 aromatic rings. The SMILES string of the molecule is c1ccc(CCC(c2ccc(-c3ccccc3)cc2)c2ccc(-c3ccc(N(c4ccccc4)c4ccc(-c5ccc(-c6ccc(N(c7ccccc7)c7ccc(-c8ccc(N(c9ccccc9)c9ccc(-c%10ccccc%10)cc9)cc8)cc7)cc6)cc5)cc4)cc3)cc2)cc1. The van der Waals surface area contributed by atoms with Crippen molar-refractivity contribution in [1.82, 2.24) is 0 Å². The van der Waals surface area contributed by atoms with Gasteiger partial charge in [0, 0.05) is 57.1 Å². The smallest absolute Gasteiger partial charge is 0.0462 e. The third-order valence-electron chi connectivity index (χ3n) is 18.4. The minimum absolute atomic E-state index is 0.268. The van der Waals surface area contributed by atoms with Crippen LogP contribution in [0.1, 0.15) is 29.0 Å². The van der Waals surface area contributed by atoms with E-state index in [0.717, 1.165) is 86.3 Å². The van der Waals surface area contributed by atoms with Gasteiger partial charge in [0.15, 0.2) is 0 Å². The topological polar surface area (TPSA) is 9.72 Å². The van der Waals surface area contributed by atoms with Crippen LogP contribution in [0.15, 0.2) is 400 Å². The lowest BCUT2D eigenvalue weighted by atomic mass is 9.85. The molecule has 0 amide bonds. The summed E-state index contributed by atoms with van der Waals surface area (Å²) in [4.78, 5) is 6.98. The van der Waals surface area contributed by atoms with Gasteiger partial charge < -0.3 is 14.7 Å². The molecular weight excluding hydrogens is 1160 g/mol. The zero-order valence-electron chi connectivity index (χ0n) is 53.4. The van der Waals surface area contributed by atoms with Gasteiger partial charge in [0.25, 0.3) is 0 Å². The van der Waals surface area contributed by atoms with Crippen LogP contribution < -0.4 is 14.7 Å². The summed E-state index contributed by atoms with van der Waals surface area (Å²) in [6, 6.07) is 145. The van der Waals surface area contributed by atoms with E-state index in [2.05, 4.69) is 415 Å². The summed E-state index contributed by atoms with van der Waals surface area (Å²) in [7, 11) is 0. The number of anilines is 9. The van der Waals surface area contributed by atoms with Gasteiger partial charge in [0.2, 0.25) is 0 Å². The van der Waals surface area contributed by atoms with Crippen LogP contribution in [0, 0.1) is 0 Å². The van der Waals surface area contributed by atoms with Crippen molar-refractivity contribution >= 4 is 51.2 Å². The van der Waals surface area contributed by atoms with Gasteiger partial charge in [-0.3, -0.25) is 0 Å². The Morgan fingerprint density at radius 2 is 0.323 bits per heavy atom. The summed E-state index contributed by atoms with van der Waals surface area (Å²) in [5.74, 6) is 0.268. The lowest BCUT2D eigenvalue weighted by Crippen LogP contribution is -2.10. The highest BCUT2D eigenvalue weighted by molar-refractivity contribution is 5.84. The highest BCUT2D eigenvalue weighted by Gasteiger charge is 2.19. The number of rotatable bonds is 20. The number of nitrogens with zero attached hydrogens (tertiary/aromatic N) is 3. The molecule has 0 aliphatic heterocycles. The molecule has 96 heavy (non-hydrogen) atoms. The highest BCUT2D eigenvalue weighted by atomic mass is 15.2. The molecule has 0 bridgehead atoms. The van der Waals surface area contributed by atoms with Crippen LogP contribution in [0.3, 0.4) is 0 Å². The van der Waals surface area contributed by atoms with E-state index < -0.39 is 0 Å². The van der Waals surface area contributed by atoms with E-state index in [1.54, 1.807) is 0 Å². The summed E-state index contributed by atoms with van der Waals surface area (Å²) < 4.78 is 0.